The number of ether oxygens (including phenoxy) is 2. The third-order valence-electron chi connectivity index (χ3n) is 3.18. The third kappa shape index (κ3) is 2.37. The Morgan fingerprint density at radius 3 is 2.40 bits per heavy atom. The van der Waals surface area contributed by atoms with Gasteiger partial charge in [0, 0.05) is 18.0 Å². The van der Waals surface area contributed by atoms with Crippen molar-refractivity contribution in [1.82, 2.24) is 3.97 Å². The summed E-state index contributed by atoms with van der Waals surface area (Å²) in [4.78, 5) is 0.263. The molecule has 0 spiro atoms. The number of benzene rings is 1. The summed E-state index contributed by atoms with van der Waals surface area (Å²) in [6.07, 6.45) is 2.57. The lowest BCUT2D eigenvalue weighted by Crippen LogP contribution is -2.11. The van der Waals surface area contributed by atoms with Crippen LogP contribution in [0.5, 0.6) is 0 Å². The van der Waals surface area contributed by atoms with Gasteiger partial charge < -0.3 is 9.47 Å². The topological polar surface area (TPSA) is 57.5 Å². The quantitative estimate of drug-likeness (QED) is 0.869. The minimum atomic E-state index is -3.56. The first-order chi connectivity index (χ1) is 9.57. The van der Waals surface area contributed by atoms with Gasteiger partial charge in [0.15, 0.2) is 6.29 Å². The largest absolute Gasteiger partial charge is 0.346 e. The van der Waals surface area contributed by atoms with E-state index in [1.165, 1.54) is 16.4 Å². The monoisotopic (exact) mass is 293 g/mol. The average molecular weight is 293 g/mol. The molecule has 106 valence electrons. The van der Waals surface area contributed by atoms with E-state index in [0.717, 1.165) is 5.56 Å². The van der Waals surface area contributed by atoms with Crippen LogP contribution in [0.1, 0.15) is 17.4 Å². The second-order valence-electron chi connectivity index (χ2n) is 4.67. The van der Waals surface area contributed by atoms with E-state index in [1.54, 1.807) is 30.3 Å². The lowest BCUT2D eigenvalue weighted by Gasteiger charge is -2.07. The highest BCUT2D eigenvalue weighted by Crippen LogP contribution is 2.25. The molecule has 0 atom stereocenters. The van der Waals surface area contributed by atoms with Crippen molar-refractivity contribution in [2.24, 2.45) is 0 Å². The highest BCUT2D eigenvalue weighted by molar-refractivity contribution is 7.90. The van der Waals surface area contributed by atoms with Gasteiger partial charge in [0.2, 0.25) is 0 Å². The zero-order chi connectivity index (χ0) is 14.2. The maximum Gasteiger partial charge on any atom is 0.267 e. The molecule has 20 heavy (non-hydrogen) atoms. The van der Waals surface area contributed by atoms with E-state index in [1.807, 2.05) is 6.92 Å². The van der Waals surface area contributed by atoms with Gasteiger partial charge in [-0.15, -0.1) is 0 Å². The molecule has 0 bridgehead atoms. The zero-order valence-electron chi connectivity index (χ0n) is 11.0. The van der Waals surface area contributed by atoms with E-state index >= 15 is 0 Å². The van der Waals surface area contributed by atoms with Crippen LogP contribution in [0.15, 0.2) is 47.6 Å². The summed E-state index contributed by atoms with van der Waals surface area (Å²) in [5.74, 6) is 0. The SMILES string of the molecule is Cc1ccc(S(=O)(=O)n2ccc(C3OCCO3)c2)cc1. The van der Waals surface area contributed by atoms with Crippen LogP contribution in [0.3, 0.4) is 0 Å². The molecule has 6 heteroatoms. The lowest BCUT2D eigenvalue weighted by molar-refractivity contribution is -0.0440. The average Bonchev–Trinajstić information content (AvgIpc) is 3.10. The number of aryl methyl sites for hydroxylation is 1. The van der Waals surface area contributed by atoms with Crippen molar-refractivity contribution < 1.29 is 17.9 Å². The van der Waals surface area contributed by atoms with Gasteiger partial charge in [0.05, 0.1) is 18.1 Å². The van der Waals surface area contributed by atoms with Crippen LogP contribution in [-0.4, -0.2) is 25.6 Å². The maximum atomic E-state index is 12.5. The number of aromatic nitrogens is 1. The molecule has 1 aliphatic heterocycles. The molecule has 0 amide bonds. The van der Waals surface area contributed by atoms with Crippen LogP contribution in [0.25, 0.3) is 0 Å². The Balaban J connectivity index is 1.93. The van der Waals surface area contributed by atoms with Gasteiger partial charge >= 0.3 is 0 Å². The number of rotatable bonds is 3. The normalized spacial score (nSPS) is 16.6. The summed E-state index contributed by atoms with van der Waals surface area (Å²) in [6, 6.07) is 8.46. The summed E-state index contributed by atoms with van der Waals surface area (Å²) in [6.45, 7) is 2.97. The van der Waals surface area contributed by atoms with Crippen LogP contribution >= 0.6 is 0 Å². The fourth-order valence-corrected chi connectivity index (χ4v) is 3.27. The minimum Gasteiger partial charge on any atom is -0.346 e. The second-order valence-corrected chi connectivity index (χ2v) is 6.51. The van der Waals surface area contributed by atoms with E-state index < -0.39 is 16.3 Å². The Morgan fingerprint density at radius 1 is 1.10 bits per heavy atom. The lowest BCUT2D eigenvalue weighted by atomic mass is 10.2. The van der Waals surface area contributed by atoms with E-state index in [2.05, 4.69) is 0 Å². The molecular formula is C14H15NO4S. The number of nitrogens with zero attached hydrogens (tertiary/aromatic N) is 1. The molecule has 1 aromatic carbocycles. The maximum absolute atomic E-state index is 12.5. The van der Waals surface area contributed by atoms with Gasteiger partial charge in [-0.05, 0) is 25.1 Å². The zero-order valence-corrected chi connectivity index (χ0v) is 11.8. The van der Waals surface area contributed by atoms with E-state index in [9.17, 15) is 8.42 Å². The van der Waals surface area contributed by atoms with Crippen LogP contribution in [0.4, 0.5) is 0 Å². The van der Waals surface area contributed by atoms with Crippen molar-refractivity contribution in [1.29, 1.82) is 0 Å². The molecule has 0 aliphatic carbocycles. The summed E-state index contributed by atoms with van der Waals surface area (Å²) in [7, 11) is -3.56. The molecule has 3 rings (SSSR count). The Morgan fingerprint density at radius 2 is 1.75 bits per heavy atom. The first kappa shape index (κ1) is 13.4. The number of hydrogen-bond acceptors (Lipinski definition) is 4. The van der Waals surface area contributed by atoms with Crippen LogP contribution < -0.4 is 0 Å². The van der Waals surface area contributed by atoms with Crippen LogP contribution in [0.2, 0.25) is 0 Å². The molecule has 0 saturated carbocycles. The molecular weight excluding hydrogens is 278 g/mol. The van der Waals surface area contributed by atoms with Crippen molar-refractivity contribution in [2.75, 3.05) is 13.2 Å². The minimum absolute atomic E-state index is 0.263. The van der Waals surface area contributed by atoms with Crippen molar-refractivity contribution in [3.63, 3.8) is 0 Å². The van der Waals surface area contributed by atoms with Crippen molar-refractivity contribution >= 4 is 10.0 Å². The molecule has 5 nitrogen and oxygen atoms in total. The summed E-state index contributed by atoms with van der Waals surface area (Å²) < 4.78 is 36.8. The highest BCUT2D eigenvalue weighted by Gasteiger charge is 2.22. The summed E-state index contributed by atoms with van der Waals surface area (Å²) in [5.41, 5.74) is 1.73. The van der Waals surface area contributed by atoms with Crippen molar-refractivity contribution in [3.8, 4) is 0 Å². The summed E-state index contributed by atoms with van der Waals surface area (Å²) in [5, 5.41) is 0. The first-order valence-corrected chi connectivity index (χ1v) is 7.75. The van der Waals surface area contributed by atoms with Gasteiger partial charge in [-0.3, -0.25) is 0 Å². The standard InChI is InChI=1S/C14H15NO4S/c1-11-2-4-13(5-3-11)20(16,17)15-7-6-12(10-15)14-18-8-9-19-14/h2-7,10,14H,8-9H2,1H3. The predicted octanol–water partition coefficient (Wildman–Crippen LogP) is 2.08. The third-order valence-corrected chi connectivity index (χ3v) is 4.83. The molecule has 1 aromatic heterocycles. The fraction of sp³-hybridized carbons (Fsp3) is 0.286. The predicted molar refractivity (Wildman–Crippen MR) is 72.8 cm³/mol. The van der Waals surface area contributed by atoms with E-state index in [-0.39, 0.29) is 4.90 Å². The van der Waals surface area contributed by atoms with Crippen LogP contribution in [0, 0.1) is 6.92 Å². The molecule has 2 heterocycles. The fourth-order valence-electron chi connectivity index (χ4n) is 2.06. The molecule has 2 aromatic rings. The van der Waals surface area contributed by atoms with Gasteiger partial charge in [-0.25, -0.2) is 12.4 Å². The van der Waals surface area contributed by atoms with Crippen molar-refractivity contribution in [3.05, 3.63) is 53.9 Å². The molecule has 0 unspecified atom stereocenters. The molecule has 0 N–H and O–H groups in total. The van der Waals surface area contributed by atoms with Gasteiger partial charge in [0.1, 0.15) is 0 Å². The highest BCUT2D eigenvalue weighted by atomic mass is 32.2. The Kier molecular flexibility index (Phi) is 3.37. The molecule has 0 radical (unpaired) electrons. The summed E-state index contributed by atoms with van der Waals surface area (Å²) >= 11 is 0. The molecule has 1 saturated heterocycles. The van der Waals surface area contributed by atoms with Gasteiger partial charge in [-0.2, -0.15) is 0 Å². The van der Waals surface area contributed by atoms with Gasteiger partial charge in [0.25, 0.3) is 10.0 Å². The smallest absolute Gasteiger partial charge is 0.267 e. The van der Waals surface area contributed by atoms with Gasteiger partial charge in [-0.1, -0.05) is 17.7 Å². The molecule has 1 fully saturated rings. The molecule has 1 aliphatic rings. The van der Waals surface area contributed by atoms with Crippen molar-refractivity contribution in [2.45, 2.75) is 18.1 Å². The first-order valence-electron chi connectivity index (χ1n) is 6.31. The van der Waals surface area contributed by atoms with E-state index in [0.29, 0.717) is 18.8 Å². The second kappa shape index (κ2) is 5.05. The Hall–Kier alpha value is -1.63. The number of hydrogen-bond donors (Lipinski definition) is 0. The van der Waals surface area contributed by atoms with E-state index in [4.69, 9.17) is 9.47 Å². The Bertz CT molecular complexity index is 697. The Labute approximate surface area is 117 Å². The van der Waals surface area contributed by atoms with Crippen LogP contribution in [-0.2, 0) is 19.5 Å².